The fourth-order valence-corrected chi connectivity index (χ4v) is 3.15. The van der Waals surface area contributed by atoms with Gasteiger partial charge >= 0.3 is 0 Å². The topological polar surface area (TPSA) is 69.0 Å². The van der Waals surface area contributed by atoms with Crippen molar-refractivity contribution >= 4 is 22.5 Å². The highest BCUT2D eigenvalue weighted by molar-refractivity contribution is 5.94. The van der Waals surface area contributed by atoms with Gasteiger partial charge in [0.25, 0.3) is 0 Å². The van der Waals surface area contributed by atoms with Crippen LogP contribution in [-0.4, -0.2) is 34.4 Å². The summed E-state index contributed by atoms with van der Waals surface area (Å²) in [6.45, 7) is 0.727. The predicted octanol–water partition coefficient (Wildman–Crippen LogP) is 2.28. The molecule has 1 atom stereocenters. The van der Waals surface area contributed by atoms with Gasteiger partial charge in [-0.1, -0.05) is 18.2 Å². The molecule has 4 rings (SSSR count). The van der Waals surface area contributed by atoms with Gasteiger partial charge in [0.2, 0.25) is 5.91 Å². The number of rotatable bonds is 3. The molecule has 0 unspecified atom stereocenters. The lowest BCUT2D eigenvalue weighted by molar-refractivity contribution is -0.128. The first-order chi connectivity index (χ1) is 10.8. The van der Waals surface area contributed by atoms with Gasteiger partial charge in [0.1, 0.15) is 6.07 Å². The van der Waals surface area contributed by atoms with Crippen LogP contribution < -0.4 is 5.32 Å². The highest BCUT2D eigenvalue weighted by Gasteiger charge is 2.39. The number of carbonyl (C=O) groups is 1. The molecule has 2 aromatic rings. The molecule has 1 amide bonds. The highest BCUT2D eigenvalue weighted by atomic mass is 16.2. The number of para-hydroxylation sites is 1. The van der Waals surface area contributed by atoms with E-state index in [2.05, 4.69) is 16.4 Å². The maximum Gasteiger partial charge on any atom is 0.225 e. The fourth-order valence-electron chi connectivity index (χ4n) is 3.15. The molecule has 2 aliphatic rings. The highest BCUT2D eigenvalue weighted by Crippen LogP contribution is 2.33. The molecule has 0 radical (unpaired) electrons. The van der Waals surface area contributed by atoms with Crippen molar-refractivity contribution < 1.29 is 4.79 Å². The molecule has 1 aromatic carbocycles. The minimum absolute atomic E-state index is 0.0611. The Morgan fingerprint density at radius 1 is 1.32 bits per heavy atom. The summed E-state index contributed by atoms with van der Waals surface area (Å²) >= 11 is 0. The molecule has 1 saturated carbocycles. The number of carbonyl (C=O) groups excluding carboxylic acids is 1. The SMILES string of the molecule is N#Cc1cnc2ccccc2c1N[C@H]1CC(=O)N(C2CC2)C1. The van der Waals surface area contributed by atoms with E-state index in [4.69, 9.17) is 0 Å². The van der Waals surface area contributed by atoms with E-state index >= 15 is 0 Å². The third kappa shape index (κ3) is 2.17. The lowest BCUT2D eigenvalue weighted by Crippen LogP contribution is -2.29. The number of nitrogens with zero attached hydrogens (tertiary/aromatic N) is 3. The summed E-state index contributed by atoms with van der Waals surface area (Å²) in [5.41, 5.74) is 2.17. The first kappa shape index (κ1) is 13.1. The standard InChI is InChI=1S/C17H16N4O/c18-8-11-9-19-15-4-2-1-3-14(15)17(11)20-12-7-16(22)21(10-12)13-5-6-13/h1-4,9,12-13H,5-7,10H2,(H,19,20)/t12-/m0/s1. The van der Waals surface area contributed by atoms with E-state index < -0.39 is 0 Å². The van der Waals surface area contributed by atoms with Crippen LogP contribution in [0.4, 0.5) is 5.69 Å². The zero-order valence-electron chi connectivity index (χ0n) is 12.1. The van der Waals surface area contributed by atoms with Gasteiger partial charge in [-0.25, -0.2) is 0 Å². The number of hydrogen-bond donors (Lipinski definition) is 1. The predicted molar refractivity (Wildman–Crippen MR) is 83.2 cm³/mol. The van der Waals surface area contributed by atoms with E-state index in [1.54, 1.807) is 6.20 Å². The zero-order chi connectivity index (χ0) is 15.1. The zero-order valence-corrected chi connectivity index (χ0v) is 12.1. The summed E-state index contributed by atoms with van der Waals surface area (Å²) in [4.78, 5) is 18.4. The van der Waals surface area contributed by atoms with Crippen LogP contribution in [0.5, 0.6) is 0 Å². The van der Waals surface area contributed by atoms with Gasteiger partial charge in [0.15, 0.2) is 0 Å². The Balaban J connectivity index is 1.66. The average Bonchev–Trinajstić information content (AvgIpc) is 3.31. The molecule has 1 aliphatic carbocycles. The third-order valence-corrected chi connectivity index (χ3v) is 4.39. The summed E-state index contributed by atoms with van der Waals surface area (Å²) in [6, 6.07) is 10.5. The van der Waals surface area contributed by atoms with Gasteiger partial charge < -0.3 is 10.2 Å². The molecule has 1 aliphatic heterocycles. The second-order valence-electron chi connectivity index (χ2n) is 6.00. The fraction of sp³-hybridized carbons (Fsp3) is 0.353. The molecule has 1 saturated heterocycles. The second-order valence-corrected chi connectivity index (χ2v) is 6.00. The van der Waals surface area contributed by atoms with Crippen LogP contribution >= 0.6 is 0 Å². The summed E-state index contributed by atoms with van der Waals surface area (Å²) in [5.74, 6) is 0.219. The van der Waals surface area contributed by atoms with Gasteiger partial charge in [-0.3, -0.25) is 9.78 Å². The van der Waals surface area contributed by atoms with Gasteiger partial charge in [-0.2, -0.15) is 5.26 Å². The summed E-state index contributed by atoms with van der Waals surface area (Å²) in [7, 11) is 0. The quantitative estimate of drug-likeness (QED) is 0.942. The first-order valence-electron chi connectivity index (χ1n) is 7.60. The van der Waals surface area contributed by atoms with Crippen LogP contribution in [0, 0.1) is 11.3 Å². The second kappa shape index (κ2) is 4.99. The third-order valence-electron chi connectivity index (χ3n) is 4.39. The molecule has 5 nitrogen and oxygen atoms in total. The van der Waals surface area contributed by atoms with Crippen LogP contribution in [0.3, 0.4) is 0 Å². The van der Waals surface area contributed by atoms with Gasteiger partial charge in [0, 0.05) is 30.6 Å². The number of nitriles is 1. The number of hydrogen-bond acceptors (Lipinski definition) is 4. The Labute approximate surface area is 128 Å². The molecule has 2 fully saturated rings. The number of amides is 1. The van der Waals surface area contributed by atoms with Crippen molar-refractivity contribution in [3.63, 3.8) is 0 Å². The number of anilines is 1. The molecule has 1 N–H and O–H groups in total. The molecular formula is C17H16N4O. The van der Waals surface area contributed by atoms with Crippen LogP contribution in [0.25, 0.3) is 10.9 Å². The van der Waals surface area contributed by atoms with Crippen molar-refractivity contribution in [1.29, 1.82) is 5.26 Å². The molecular weight excluding hydrogens is 276 g/mol. The number of likely N-dealkylation sites (tertiary alicyclic amines) is 1. The summed E-state index contributed by atoms with van der Waals surface area (Å²) < 4.78 is 0. The van der Waals surface area contributed by atoms with E-state index in [-0.39, 0.29) is 11.9 Å². The molecule has 2 heterocycles. The van der Waals surface area contributed by atoms with E-state index in [0.29, 0.717) is 18.0 Å². The molecule has 110 valence electrons. The molecule has 1 aromatic heterocycles. The number of nitrogens with one attached hydrogen (secondary N) is 1. The maximum absolute atomic E-state index is 12.1. The van der Waals surface area contributed by atoms with Crippen molar-refractivity contribution in [3.05, 3.63) is 36.0 Å². The Morgan fingerprint density at radius 3 is 2.91 bits per heavy atom. The Hall–Kier alpha value is -2.61. The van der Waals surface area contributed by atoms with Crippen LogP contribution in [0.15, 0.2) is 30.5 Å². The van der Waals surface area contributed by atoms with E-state index in [0.717, 1.165) is 36.0 Å². The van der Waals surface area contributed by atoms with Gasteiger partial charge in [-0.15, -0.1) is 0 Å². The van der Waals surface area contributed by atoms with E-state index in [9.17, 15) is 10.1 Å². The Kier molecular flexibility index (Phi) is 2.97. The number of aromatic nitrogens is 1. The normalized spacial score (nSPS) is 21.1. The number of pyridine rings is 1. The van der Waals surface area contributed by atoms with E-state index in [1.807, 2.05) is 29.2 Å². The lowest BCUT2D eigenvalue weighted by Gasteiger charge is -2.18. The van der Waals surface area contributed by atoms with Gasteiger partial charge in [-0.05, 0) is 18.9 Å². The molecule has 0 spiro atoms. The Bertz CT molecular complexity index is 791. The molecule has 0 bridgehead atoms. The maximum atomic E-state index is 12.1. The van der Waals surface area contributed by atoms with Crippen molar-refractivity contribution in [2.75, 3.05) is 11.9 Å². The Morgan fingerprint density at radius 2 is 2.14 bits per heavy atom. The monoisotopic (exact) mass is 292 g/mol. The van der Waals surface area contributed by atoms with Crippen molar-refractivity contribution in [1.82, 2.24) is 9.88 Å². The van der Waals surface area contributed by atoms with Crippen LogP contribution in [0.2, 0.25) is 0 Å². The minimum atomic E-state index is 0.0611. The molecule has 5 heteroatoms. The van der Waals surface area contributed by atoms with Crippen molar-refractivity contribution in [2.45, 2.75) is 31.3 Å². The number of fused-ring (bicyclic) bond motifs is 1. The summed E-state index contributed by atoms with van der Waals surface area (Å²) in [6.07, 6.45) is 4.35. The van der Waals surface area contributed by atoms with E-state index in [1.165, 1.54) is 0 Å². The number of benzene rings is 1. The average molecular weight is 292 g/mol. The van der Waals surface area contributed by atoms with Crippen LogP contribution in [0.1, 0.15) is 24.8 Å². The first-order valence-corrected chi connectivity index (χ1v) is 7.60. The molecule has 22 heavy (non-hydrogen) atoms. The smallest absolute Gasteiger partial charge is 0.225 e. The van der Waals surface area contributed by atoms with Crippen molar-refractivity contribution in [3.8, 4) is 6.07 Å². The largest absolute Gasteiger partial charge is 0.378 e. The lowest BCUT2D eigenvalue weighted by atomic mass is 10.1. The summed E-state index contributed by atoms with van der Waals surface area (Å²) in [5, 5.41) is 13.7. The minimum Gasteiger partial charge on any atom is -0.378 e. The van der Waals surface area contributed by atoms with Crippen molar-refractivity contribution in [2.24, 2.45) is 0 Å². The van der Waals surface area contributed by atoms with Crippen LogP contribution in [-0.2, 0) is 4.79 Å². The van der Waals surface area contributed by atoms with Gasteiger partial charge in [0.05, 0.1) is 22.8 Å².